The summed E-state index contributed by atoms with van der Waals surface area (Å²) in [5.74, 6) is -0.725. The zero-order valence-electron chi connectivity index (χ0n) is 14.5. The summed E-state index contributed by atoms with van der Waals surface area (Å²) < 4.78 is 38.8. The van der Waals surface area contributed by atoms with E-state index in [1.807, 2.05) is 6.92 Å². The highest BCUT2D eigenvalue weighted by molar-refractivity contribution is 7.89. The van der Waals surface area contributed by atoms with Crippen molar-refractivity contribution >= 4 is 33.2 Å². The van der Waals surface area contributed by atoms with Crippen LogP contribution in [0.25, 0.3) is 0 Å². The number of carbonyl (C=O) groups is 1. The van der Waals surface area contributed by atoms with Gasteiger partial charge in [0.05, 0.1) is 4.90 Å². The first-order valence-corrected chi connectivity index (χ1v) is 9.80. The van der Waals surface area contributed by atoms with E-state index in [1.165, 1.54) is 19.2 Å². The molecular formula is C18H20ClFN2O3S. The Kier molecular flexibility index (Phi) is 6.75. The minimum atomic E-state index is -3.71. The van der Waals surface area contributed by atoms with Gasteiger partial charge in [-0.05, 0) is 55.3 Å². The van der Waals surface area contributed by atoms with E-state index in [4.69, 9.17) is 11.6 Å². The van der Waals surface area contributed by atoms with Gasteiger partial charge in [0.1, 0.15) is 5.82 Å². The fourth-order valence-electron chi connectivity index (χ4n) is 2.26. The van der Waals surface area contributed by atoms with Crippen LogP contribution in [0.5, 0.6) is 0 Å². The first kappa shape index (κ1) is 20.4. The Bertz CT molecular complexity index is 886. The summed E-state index contributed by atoms with van der Waals surface area (Å²) in [6.45, 7) is 2.03. The van der Waals surface area contributed by atoms with Crippen LogP contribution in [-0.4, -0.2) is 32.2 Å². The summed E-state index contributed by atoms with van der Waals surface area (Å²) in [5.41, 5.74) is 1.51. The molecule has 0 spiro atoms. The first-order chi connectivity index (χ1) is 12.2. The fourth-order valence-corrected chi connectivity index (χ4v) is 3.65. The number of benzene rings is 2. The number of hydrogen-bond acceptors (Lipinski definition) is 3. The van der Waals surface area contributed by atoms with Crippen LogP contribution in [0.15, 0.2) is 47.4 Å². The van der Waals surface area contributed by atoms with Gasteiger partial charge in [0.25, 0.3) is 0 Å². The molecule has 0 bridgehead atoms. The summed E-state index contributed by atoms with van der Waals surface area (Å²) in [5, 5.41) is 3.29. The number of amides is 1. The monoisotopic (exact) mass is 398 g/mol. The average molecular weight is 399 g/mol. The molecule has 1 amide bonds. The molecule has 2 rings (SSSR count). The lowest BCUT2D eigenvalue weighted by Crippen LogP contribution is -2.28. The number of hydrogen-bond donors (Lipinski definition) is 1. The smallest absolute Gasteiger partial charge is 0.242 e. The second kappa shape index (κ2) is 8.62. The highest BCUT2D eigenvalue weighted by Crippen LogP contribution is 2.20. The molecule has 5 nitrogen and oxygen atoms in total. The van der Waals surface area contributed by atoms with Crippen LogP contribution in [0.4, 0.5) is 10.1 Å². The Labute approximate surface area is 157 Å². The Morgan fingerprint density at radius 3 is 2.46 bits per heavy atom. The zero-order valence-corrected chi connectivity index (χ0v) is 16.1. The Balaban J connectivity index is 1.87. The topological polar surface area (TPSA) is 66.5 Å². The average Bonchev–Trinajstić information content (AvgIpc) is 2.58. The van der Waals surface area contributed by atoms with Gasteiger partial charge in [-0.1, -0.05) is 17.7 Å². The third kappa shape index (κ3) is 5.27. The fraction of sp³-hybridized carbons (Fsp3) is 0.278. The van der Waals surface area contributed by atoms with Crippen LogP contribution in [0, 0.1) is 12.7 Å². The molecule has 0 atom stereocenters. The number of rotatable bonds is 7. The van der Waals surface area contributed by atoms with Gasteiger partial charge in [-0.2, -0.15) is 0 Å². The van der Waals surface area contributed by atoms with E-state index >= 15 is 0 Å². The Morgan fingerprint density at radius 1 is 1.19 bits per heavy atom. The van der Waals surface area contributed by atoms with E-state index in [9.17, 15) is 17.6 Å². The van der Waals surface area contributed by atoms with Crippen molar-refractivity contribution in [3.63, 3.8) is 0 Å². The van der Waals surface area contributed by atoms with Crippen LogP contribution in [0.2, 0.25) is 5.02 Å². The number of aryl methyl sites for hydroxylation is 1. The largest absolute Gasteiger partial charge is 0.326 e. The second-order valence-electron chi connectivity index (χ2n) is 5.90. The SMILES string of the molecule is Cc1ccc(NC(=O)CCCN(C)S(=O)(=O)c2ccc(F)cc2)cc1Cl. The molecule has 0 radical (unpaired) electrons. The van der Waals surface area contributed by atoms with Crippen LogP contribution in [-0.2, 0) is 14.8 Å². The molecule has 1 N–H and O–H groups in total. The molecule has 140 valence electrons. The highest BCUT2D eigenvalue weighted by atomic mass is 35.5. The van der Waals surface area contributed by atoms with E-state index in [0.717, 1.165) is 22.0 Å². The van der Waals surface area contributed by atoms with Gasteiger partial charge in [-0.15, -0.1) is 0 Å². The van der Waals surface area contributed by atoms with Crippen molar-refractivity contribution in [3.05, 3.63) is 58.9 Å². The van der Waals surface area contributed by atoms with Crippen LogP contribution in [0.1, 0.15) is 18.4 Å². The molecule has 26 heavy (non-hydrogen) atoms. The van der Waals surface area contributed by atoms with Crippen LogP contribution < -0.4 is 5.32 Å². The maximum absolute atomic E-state index is 12.9. The maximum Gasteiger partial charge on any atom is 0.242 e. The number of nitrogens with zero attached hydrogens (tertiary/aromatic N) is 1. The van der Waals surface area contributed by atoms with Crippen molar-refractivity contribution in [1.29, 1.82) is 0 Å². The molecule has 0 heterocycles. The summed E-state index contributed by atoms with van der Waals surface area (Å²) in [6, 6.07) is 9.86. The van der Waals surface area contributed by atoms with Crippen molar-refractivity contribution in [1.82, 2.24) is 4.31 Å². The molecule has 0 saturated heterocycles. The first-order valence-electron chi connectivity index (χ1n) is 7.98. The number of anilines is 1. The van der Waals surface area contributed by atoms with Gasteiger partial charge in [0, 0.05) is 30.7 Å². The third-order valence-electron chi connectivity index (χ3n) is 3.85. The van der Waals surface area contributed by atoms with Crippen molar-refractivity contribution in [2.75, 3.05) is 18.9 Å². The molecule has 2 aromatic carbocycles. The number of halogens is 2. The van der Waals surface area contributed by atoms with Gasteiger partial charge >= 0.3 is 0 Å². The van der Waals surface area contributed by atoms with Crippen LogP contribution >= 0.6 is 11.6 Å². The second-order valence-corrected chi connectivity index (χ2v) is 8.35. The molecule has 0 aliphatic heterocycles. The van der Waals surface area contributed by atoms with Gasteiger partial charge in [-0.25, -0.2) is 17.1 Å². The molecule has 0 aliphatic rings. The zero-order chi connectivity index (χ0) is 19.3. The summed E-state index contributed by atoms with van der Waals surface area (Å²) in [4.78, 5) is 12.0. The predicted octanol–water partition coefficient (Wildman–Crippen LogP) is 3.83. The van der Waals surface area contributed by atoms with Crippen molar-refractivity contribution in [2.45, 2.75) is 24.7 Å². The standard InChI is InChI=1S/C18H20ClFN2O3S/c1-13-5-8-15(12-17(13)19)21-18(23)4-3-11-22(2)26(24,25)16-9-6-14(20)7-10-16/h5-10,12H,3-4,11H2,1-2H3,(H,21,23). The number of nitrogens with one attached hydrogen (secondary N) is 1. The Morgan fingerprint density at radius 2 is 1.85 bits per heavy atom. The molecule has 0 fully saturated rings. The molecule has 0 aromatic heterocycles. The van der Waals surface area contributed by atoms with E-state index in [2.05, 4.69) is 5.32 Å². The van der Waals surface area contributed by atoms with E-state index in [1.54, 1.807) is 18.2 Å². The lowest BCUT2D eigenvalue weighted by Gasteiger charge is -2.17. The van der Waals surface area contributed by atoms with Crippen molar-refractivity contribution in [2.24, 2.45) is 0 Å². The van der Waals surface area contributed by atoms with E-state index in [-0.39, 0.29) is 23.8 Å². The summed E-state index contributed by atoms with van der Waals surface area (Å²) in [6.07, 6.45) is 0.511. The summed E-state index contributed by atoms with van der Waals surface area (Å²) >= 11 is 6.01. The molecule has 8 heteroatoms. The predicted molar refractivity (Wildman–Crippen MR) is 100 cm³/mol. The summed E-state index contributed by atoms with van der Waals surface area (Å²) in [7, 11) is -2.28. The molecule has 0 saturated carbocycles. The lowest BCUT2D eigenvalue weighted by atomic mass is 10.2. The van der Waals surface area contributed by atoms with Gasteiger partial charge in [-0.3, -0.25) is 4.79 Å². The number of sulfonamides is 1. The van der Waals surface area contributed by atoms with Crippen molar-refractivity contribution in [3.8, 4) is 0 Å². The highest BCUT2D eigenvalue weighted by Gasteiger charge is 2.20. The maximum atomic E-state index is 12.9. The van der Waals surface area contributed by atoms with Gasteiger partial charge in [0.15, 0.2) is 0 Å². The lowest BCUT2D eigenvalue weighted by molar-refractivity contribution is -0.116. The number of carbonyl (C=O) groups excluding carboxylic acids is 1. The van der Waals surface area contributed by atoms with E-state index < -0.39 is 15.8 Å². The molecule has 2 aromatic rings. The molecule has 0 aliphatic carbocycles. The third-order valence-corrected chi connectivity index (χ3v) is 6.13. The minimum Gasteiger partial charge on any atom is -0.326 e. The molecule has 0 unspecified atom stereocenters. The van der Waals surface area contributed by atoms with E-state index in [0.29, 0.717) is 17.1 Å². The molecular weight excluding hydrogens is 379 g/mol. The van der Waals surface area contributed by atoms with Crippen molar-refractivity contribution < 1.29 is 17.6 Å². The quantitative estimate of drug-likeness (QED) is 0.770. The van der Waals surface area contributed by atoms with Gasteiger partial charge in [0.2, 0.25) is 15.9 Å². The van der Waals surface area contributed by atoms with Gasteiger partial charge < -0.3 is 5.32 Å². The Hall–Kier alpha value is -1.96. The minimum absolute atomic E-state index is 0.0140. The van der Waals surface area contributed by atoms with Crippen LogP contribution in [0.3, 0.4) is 0 Å². The normalized spacial score (nSPS) is 11.6.